The van der Waals surface area contributed by atoms with Crippen LogP contribution >= 0.6 is 0 Å². The maximum Gasteiger partial charge on any atom is 0.148 e. The minimum Gasteiger partial charge on any atom is -0.298 e. The lowest BCUT2D eigenvalue weighted by molar-refractivity contribution is -0.119. The normalized spacial score (nSPS) is 26.0. The SMILES string of the molecule is C=C1/C=C\[C@H](C(C)C)CCC(=O)C(S(=O)c2ccccc2)CC1. The zero-order valence-corrected chi connectivity index (χ0v) is 14.9. The van der Waals surface area contributed by atoms with Crippen molar-refractivity contribution >= 4 is 16.6 Å². The molecule has 0 N–H and O–H groups in total. The maximum atomic E-state index is 12.8. The lowest BCUT2D eigenvalue weighted by Gasteiger charge is -2.21. The van der Waals surface area contributed by atoms with Crippen LogP contribution in [-0.4, -0.2) is 15.2 Å². The van der Waals surface area contributed by atoms with Gasteiger partial charge in [-0.1, -0.05) is 56.4 Å². The zero-order valence-electron chi connectivity index (χ0n) is 14.0. The number of hydrogen-bond acceptors (Lipinski definition) is 2. The van der Waals surface area contributed by atoms with Crippen molar-refractivity contribution in [1.82, 2.24) is 0 Å². The first-order valence-electron chi connectivity index (χ1n) is 8.33. The van der Waals surface area contributed by atoms with Crippen molar-refractivity contribution in [3.05, 3.63) is 54.6 Å². The van der Waals surface area contributed by atoms with Gasteiger partial charge < -0.3 is 0 Å². The monoisotopic (exact) mass is 330 g/mol. The molecular weight excluding hydrogens is 304 g/mol. The molecule has 3 heteroatoms. The van der Waals surface area contributed by atoms with Gasteiger partial charge in [0, 0.05) is 11.3 Å². The molecule has 2 rings (SSSR count). The Morgan fingerprint density at radius 1 is 1.13 bits per heavy atom. The Labute approximate surface area is 142 Å². The third kappa shape index (κ3) is 5.00. The summed E-state index contributed by atoms with van der Waals surface area (Å²) in [4.78, 5) is 13.4. The summed E-state index contributed by atoms with van der Waals surface area (Å²) >= 11 is 0. The Hall–Kier alpha value is -1.48. The summed E-state index contributed by atoms with van der Waals surface area (Å²) in [5.74, 6) is 0.991. The van der Waals surface area contributed by atoms with Gasteiger partial charge in [0.1, 0.15) is 5.78 Å². The van der Waals surface area contributed by atoms with Gasteiger partial charge in [-0.3, -0.25) is 9.00 Å². The van der Waals surface area contributed by atoms with Gasteiger partial charge in [-0.25, -0.2) is 0 Å². The summed E-state index contributed by atoms with van der Waals surface area (Å²) in [6, 6.07) is 9.32. The first-order valence-corrected chi connectivity index (χ1v) is 9.54. The molecule has 0 aromatic heterocycles. The van der Waals surface area contributed by atoms with Gasteiger partial charge in [0.2, 0.25) is 0 Å². The summed E-state index contributed by atoms with van der Waals surface area (Å²) in [6.07, 6.45) is 6.93. The van der Waals surface area contributed by atoms with Crippen molar-refractivity contribution in [2.75, 3.05) is 0 Å². The van der Waals surface area contributed by atoms with E-state index in [0.717, 1.165) is 23.3 Å². The Morgan fingerprint density at radius 2 is 1.83 bits per heavy atom. The largest absolute Gasteiger partial charge is 0.298 e. The molecule has 0 saturated heterocycles. The van der Waals surface area contributed by atoms with Gasteiger partial charge in [-0.2, -0.15) is 0 Å². The number of rotatable bonds is 3. The Bertz CT molecular complexity index is 601. The number of benzene rings is 1. The topological polar surface area (TPSA) is 34.1 Å². The van der Waals surface area contributed by atoms with Gasteiger partial charge in [-0.05, 0) is 43.2 Å². The maximum absolute atomic E-state index is 12.8. The Morgan fingerprint density at radius 3 is 2.48 bits per heavy atom. The van der Waals surface area contributed by atoms with E-state index in [4.69, 9.17) is 0 Å². The van der Waals surface area contributed by atoms with Crippen LogP contribution in [0.2, 0.25) is 0 Å². The second kappa shape index (κ2) is 8.39. The number of carbonyl (C=O) groups excluding carboxylic acids is 1. The number of hydrogen-bond donors (Lipinski definition) is 0. The molecule has 0 bridgehead atoms. The fourth-order valence-electron chi connectivity index (χ4n) is 2.89. The molecule has 23 heavy (non-hydrogen) atoms. The molecular formula is C20H26O2S. The molecule has 0 saturated carbocycles. The predicted octanol–water partition coefficient (Wildman–Crippen LogP) is 4.69. The summed E-state index contributed by atoms with van der Waals surface area (Å²) < 4.78 is 12.8. The molecule has 3 atom stereocenters. The smallest absolute Gasteiger partial charge is 0.148 e. The van der Waals surface area contributed by atoms with Crippen LogP contribution in [-0.2, 0) is 15.6 Å². The molecule has 1 aromatic rings. The van der Waals surface area contributed by atoms with Crippen LogP contribution < -0.4 is 0 Å². The molecule has 1 aliphatic carbocycles. The fourth-order valence-corrected chi connectivity index (χ4v) is 4.33. The molecule has 1 aliphatic rings. The highest BCUT2D eigenvalue weighted by Crippen LogP contribution is 2.26. The van der Waals surface area contributed by atoms with E-state index in [2.05, 4.69) is 32.6 Å². The third-order valence-electron chi connectivity index (χ3n) is 4.48. The van der Waals surface area contributed by atoms with E-state index in [1.807, 2.05) is 30.3 Å². The van der Waals surface area contributed by atoms with E-state index in [1.54, 1.807) is 0 Å². The van der Waals surface area contributed by atoms with E-state index in [1.165, 1.54) is 0 Å². The molecule has 0 heterocycles. The van der Waals surface area contributed by atoms with Crippen LogP contribution in [0, 0.1) is 11.8 Å². The number of ketones is 1. The van der Waals surface area contributed by atoms with Gasteiger partial charge in [0.05, 0.1) is 16.0 Å². The number of carbonyl (C=O) groups is 1. The molecule has 0 radical (unpaired) electrons. The highest BCUT2D eigenvalue weighted by Gasteiger charge is 2.27. The lowest BCUT2D eigenvalue weighted by Crippen LogP contribution is -2.27. The van der Waals surface area contributed by atoms with Crippen LogP contribution in [0.25, 0.3) is 0 Å². The Balaban J connectivity index is 2.20. The molecule has 0 aliphatic heterocycles. The van der Waals surface area contributed by atoms with E-state index < -0.39 is 16.0 Å². The molecule has 2 unspecified atom stereocenters. The van der Waals surface area contributed by atoms with Gasteiger partial charge in [0.25, 0.3) is 0 Å². The molecule has 124 valence electrons. The van der Waals surface area contributed by atoms with E-state index in [0.29, 0.717) is 24.7 Å². The lowest BCUT2D eigenvalue weighted by atomic mass is 9.87. The molecule has 0 amide bonds. The van der Waals surface area contributed by atoms with Gasteiger partial charge >= 0.3 is 0 Å². The minimum absolute atomic E-state index is 0.126. The highest BCUT2D eigenvalue weighted by molar-refractivity contribution is 7.86. The van der Waals surface area contributed by atoms with Crippen molar-refractivity contribution in [2.24, 2.45) is 11.8 Å². The van der Waals surface area contributed by atoms with Crippen LogP contribution in [0.5, 0.6) is 0 Å². The van der Waals surface area contributed by atoms with Crippen molar-refractivity contribution < 1.29 is 9.00 Å². The van der Waals surface area contributed by atoms with Gasteiger partial charge in [-0.15, -0.1) is 0 Å². The highest BCUT2D eigenvalue weighted by atomic mass is 32.2. The standard InChI is InChI=1S/C20H26O2S/c1-15(2)17-11-9-16(3)10-14-20(19(21)13-12-17)23(22)18-7-5-4-6-8-18/h4-9,11,15,17,20H,3,10,12-14H2,1-2H3/b11-9-/t17-,20?,23?/m0/s1. The second-order valence-corrected chi connectivity index (χ2v) is 8.20. The fraction of sp³-hybridized carbons (Fsp3) is 0.450. The zero-order chi connectivity index (χ0) is 16.8. The molecule has 0 fully saturated rings. The molecule has 0 spiro atoms. The molecule has 2 nitrogen and oxygen atoms in total. The van der Waals surface area contributed by atoms with Crippen molar-refractivity contribution in [3.63, 3.8) is 0 Å². The van der Waals surface area contributed by atoms with Gasteiger partial charge in [0.15, 0.2) is 0 Å². The summed E-state index contributed by atoms with van der Waals surface area (Å²) in [5.41, 5.74) is 1.01. The average Bonchev–Trinajstić information content (AvgIpc) is 2.54. The first kappa shape index (κ1) is 17.9. The van der Waals surface area contributed by atoms with E-state index in [-0.39, 0.29) is 5.78 Å². The quantitative estimate of drug-likeness (QED) is 0.805. The third-order valence-corrected chi connectivity index (χ3v) is 6.23. The second-order valence-electron chi connectivity index (χ2n) is 6.57. The Kier molecular flexibility index (Phi) is 6.52. The minimum atomic E-state index is -1.28. The van der Waals surface area contributed by atoms with Crippen LogP contribution in [0.1, 0.15) is 39.5 Å². The number of Topliss-reactive ketones (excluding diaryl/α,β-unsaturated/α-hetero) is 1. The number of allylic oxidation sites excluding steroid dienone is 3. The molecule has 1 aromatic carbocycles. The van der Waals surface area contributed by atoms with E-state index >= 15 is 0 Å². The summed E-state index contributed by atoms with van der Waals surface area (Å²) in [7, 11) is -1.28. The predicted molar refractivity (Wildman–Crippen MR) is 96.7 cm³/mol. The van der Waals surface area contributed by atoms with Crippen molar-refractivity contribution in [3.8, 4) is 0 Å². The van der Waals surface area contributed by atoms with Crippen LogP contribution in [0.4, 0.5) is 0 Å². The summed E-state index contributed by atoms with van der Waals surface area (Å²) in [5, 5.41) is -0.423. The summed E-state index contributed by atoms with van der Waals surface area (Å²) in [6.45, 7) is 8.42. The van der Waals surface area contributed by atoms with Crippen LogP contribution in [0.15, 0.2) is 59.5 Å². The van der Waals surface area contributed by atoms with Crippen molar-refractivity contribution in [2.45, 2.75) is 49.7 Å². The van der Waals surface area contributed by atoms with Crippen LogP contribution in [0.3, 0.4) is 0 Å². The van der Waals surface area contributed by atoms with E-state index in [9.17, 15) is 9.00 Å². The average molecular weight is 330 g/mol. The first-order chi connectivity index (χ1) is 11.0. The van der Waals surface area contributed by atoms with Crippen molar-refractivity contribution in [1.29, 1.82) is 0 Å².